The number of hydrogen-bond donors (Lipinski definition) is 1. The zero-order valence-corrected chi connectivity index (χ0v) is 22.5. The normalized spacial score (nSPS) is 12.9. The van der Waals surface area contributed by atoms with Crippen LogP contribution in [0, 0.1) is 17.2 Å². The fourth-order valence-electron chi connectivity index (χ4n) is 4.23. The number of rotatable bonds is 9. The molecule has 0 atom stereocenters. The summed E-state index contributed by atoms with van der Waals surface area (Å²) >= 11 is 6.14. The molecule has 39 heavy (non-hydrogen) atoms. The molecule has 0 aromatic heterocycles. The molecule has 1 aliphatic rings. The molecule has 0 radical (unpaired) electrons. The van der Waals surface area contributed by atoms with Gasteiger partial charge in [0.25, 0.3) is 0 Å². The average molecular weight is 557 g/mol. The number of nitrogens with one attached hydrogen (secondary N) is 1. The molecule has 1 amide bonds. The molecule has 8 heteroatoms. The van der Waals surface area contributed by atoms with E-state index in [4.69, 9.17) is 16.3 Å². The van der Waals surface area contributed by atoms with Crippen molar-refractivity contribution in [2.45, 2.75) is 24.2 Å². The highest BCUT2D eigenvalue weighted by atomic mass is 35.5. The van der Waals surface area contributed by atoms with Gasteiger partial charge in [0.05, 0.1) is 28.7 Å². The monoisotopic (exact) mass is 556 g/mol. The number of ether oxygens (including phenoxy) is 1. The Kier molecular flexibility index (Phi) is 7.69. The van der Waals surface area contributed by atoms with E-state index in [2.05, 4.69) is 11.4 Å². The number of nitrogens with zero attached hydrogens (tertiary/aromatic N) is 1. The number of amides is 1. The van der Waals surface area contributed by atoms with Gasteiger partial charge in [-0.1, -0.05) is 41.9 Å². The summed E-state index contributed by atoms with van der Waals surface area (Å²) in [6, 6.07) is 28.1. The molecule has 0 spiro atoms. The van der Waals surface area contributed by atoms with Gasteiger partial charge < -0.3 is 10.1 Å². The van der Waals surface area contributed by atoms with Crippen LogP contribution in [-0.4, -0.2) is 20.1 Å². The van der Waals surface area contributed by atoms with Crippen LogP contribution >= 0.6 is 11.6 Å². The summed E-state index contributed by atoms with van der Waals surface area (Å²) in [4.78, 5) is 13.1. The number of hydrogen-bond acceptors (Lipinski definition) is 5. The SMILES string of the molecule is N#Cc1cccc(-c2ccc(NC(=O)Cc3ccc(S(=O)(=O)CC4CC4)cc3)cc2Oc2cccc(Cl)c2)c1. The van der Waals surface area contributed by atoms with E-state index in [0.29, 0.717) is 33.3 Å². The van der Waals surface area contributed by atoms with Gasteiger partial charge in [0.1, 0.15) is 11.5 Å². The zero-order chi connectivity index (χ0) is 27.4. The van der Waals surface area contributed by atoms with Gasteiger partial charge in [-0.2, -0.15) is 5.26 Å². The molecule has 0 aliphatic heterocycles. The molecule has 0 unspecified atom stereocenters. The van der Waals surface area contributed by atoms with E-state index in [1.165, 1.54) is 0 Å². The lowest BCUT2D eigenvalue weighted by Crippen LogP contribution is -2.14. The first-order valence-corrected chi connectivity index (χ1v) is 14.5. The highest BCUT2D eigenvalue weighted by Gasteiger charge is 2.29. The third-order valence-electron chi connectivity index (χ3n) is 6.39. The van der Waals surface area contributed by atoms with Crippen LogP contribution in [0.15, 0.2) is 95.9 Å². The van der Waals surface area contributed by atoms with Crippen LogP contribution in [0.25, 0.3) is 11.1 Å². The maximum atomic E-state index is 12.8. The number of carbonyl (C=O) groups is 1. The third kappa shape index (κ3) is 6.85. The molecule has 0 bridgehead atoms. The van der Waals surface area contributed by atoms with E-state index >= 15 is 0 Å². The van der Waals surface area contributed by atoms with Gasteiger partial charge in [0, 0.05) is 22.3 Å². The molecule has 1 N–H and O–H groups in total. The maximum Gasteiger partial charge on any atom is 0.228 e. The van der Waals surface area contributed by atoms with E-state index < -0.39 is 9.84 Å². The van der Waals surface area contributed by atoms with Crippen LogP contribution in [0.2, 0.25) is 5.02 Å². The summed E-state index contributed by atoms with van der Waals surface area (Å²) in [6.07, 6.45) is 2.02. The molecule has 4 aromatic rings. The van der Waals surface area contributed by atoms with Crippen molar-refractivity contribution in [1.82, 2.24) is 0 Å². The minimum atomic E-state index is -3.30. The number of halogens is 1. The number of anilines is 1. The second-order valence-corrected chi connectivity index (χ2v) is 12.0. The minimum Gasteiger partial charge on any atom is -0.457 e. The molecular formula is C31H25ClN2O4S. The number of benzene rings is 4. The van der Waals surface area contributed by atoms with Crippen LogP contribution in [0.3, 0.4) is 0 Å². The Balaban J connectivity index is 1.35. The Morgan fingerprint density at radius 3 is 2.46 bits per heavy atom. The molecule has 196 valence electrons. The highest BCUT2D eigenvalue weighted by Crippen LogP contribution is 2.37. The van der Waals surface area contributed by atoms with Gasteiger partial charge in [-0.3, -0.25) is 4.79 Å². The van der Waals surface area contributed by atoms with E-state index in [0.717, 1.165) is 24.0 Å². The van der Waals surface area contributed by atoms with Crippen LogP contribution < -0.4 is 10.1 Å². The summed E-state index contributed by atoms with van der Waals surface area (Å²) in [6.45, 7) is 0. The summed E-state index contributed by atoms with van der Waals surface area (Å²) in [5.41, 5.74) is 3.29. The van der Waals surface area contributed by atoms with Gasteiger partial charge in [-0.05, 0) is 84.5 Å². The largest absolute Gasteiger partial charge is 0.457 e. The zero-order valence-electron chi connectivity index (χ0n) is 20.9. The van der Waals surface area contributed by atoms with Crippen molar-refractivity contribution in [1.29, 1.82) is 5.26 Å². The van der Waals surface area contributed by atoms with Crippen molar-refractivity contribution in [3.05, 3.63) is 107 Å². The standard InChI is InChI=1S/C31H25ClN2O4S/c32-25-5-2-6-27(17-25)38-30-18-26(11-14-29(30)24-4-1-3-23(15-24)19-33)34-31(35)16-21-9-12-28(13-10-21)39(36,37)20-22-7-8-22/h1-6,9-15,17-18,22H,7-8,16,20H2,(H,34,35). The van der Waals surface area contributed by atoms with E-state index in [9.17, 15) is 18.5 Å². The summed E-state index contributed by atoms with van der Waals surface area (Å²) in [5, 5.41) is 12.7. The smallest absolute Gasteiger partial charge is 0.228 e. The van der Waals surface area contributed by atoms with Crippen molar-refractivity contribution < 1.29 is 17.9 Å². The summed E-state index contributed by atoms with van der Waals surface area (Å²) in [7, 11) is -3.30. The van der Waals surface area contributed by atoms with Crippen molar-refractivity contribution in [2.24, 2.45) is 5.92 Å². The summed E-state index contributed by atoms with van der Waals surface area (Å²) in [5.74, 6) is 1.21. The number of nitriles is 1. The van der Waals surface area contributed by atoms with Crippen molar-refractivity contribution in [3.8, 4) is 28.7 Å². The molecule has 1 fully saturated rings. The molecule has 0 saturated heterocycles. The molecular weight excluding hydrogens is 532 g/mol. The van der Waals surface area contributed by atoms with Crippen molar-refractivity contribution in [2.75, 3.05) is 11.1 Å². The quantitative estimate of drug-likeness (QED) is 0.238. The van der Waals surface area contributed by atoms with Gasteiger partial charge in [-0.15, -0.1) is 0 Å². The Morgan fingerprint density at radius 2 is 1.74 bits per heavy atom. The predicted octanol–water partition coefficient (Wildman–Crippen LogP) is 7.04. The lowest BCUT2D eigenvalue weighted by atomic mass is 10.0. The van der Waals surface area contributed by atoms with E-state index in [1.54, 1.807) is 78.9 Å². The molecule has 0 heterocycles. The van der Waals surface area contributed by atoms with Crippen LogP contribution in [-0.2, 0) is 21.1 Å². The Hall–Kier alpha value is -4.12. The minimum absolute atomic E-state index is 0.0827. The fraction of sp³-hybridized carbons (Fsp3) is 0.161. The third-order valence-corrected chi connectivity index (χ3v) is 8.53. The van der Waals surface area contributed by atoms with Gasteiger partial charge in [0.2, 0.25) is 5.91 Å². The molecule has 5 rings (SSSR count). The first kappa shape index (κ1) is 26.5. The van der Waals surface area contributed by atoms with Gasteiger partial charge in [-0.25, -0.2) is 8.42 Å². The van der Waals surface area contributed by atoms with Gasteiger partial charge >= 0.3 is 0 Å². The highest BCUT2D eigenvalue weighted by molar-refractivity contribution is 7.91. The average Bonchev–Trinajstić information content (AvgIpc) is 3.72. The maximum absolute atomic E-state index is 12.8. The van der Waals surface area contributed by atoms with Crippen LogP contribution in [0.4, 0.5) is 5.69 Å². The Bertz CT molecular complexity index is 1670. The van der Waals surface area contributed by atoms with E-state index in [1.807, 2.05) is 12.1 Å². The van der Waals surface area contributed by atoms with E-state index in [-0.39, 0.29) is 28.9 Å². The Labute approximate surface area is 232 Å². The Morgan fingerprint density at radius 1 is 0.974 bits per heavy atom. The topological polar surface area (TPSA) is 96.3 Å². The van der Waals surface area contributed by atoms with Crippen molar-refractivity contribution in [3.63, 3.8) is 0 Å². The lowest BCUT2D eigenvalue weighted by molar-refractivity contribution is -0.115. The number of carbonyl (C=O) groups excluding carboxylic acids is 1. The second-order valence-electron chi connectivity index (χ2n) is 9.56. The summed E-state index contributed by atoms with van der Waals surface area (Å²) < 4.78 is 31.1. The predicted molar refractivity (Wildman–Crippen MR) is 152 cm³/mol. The van der Waals surface area contributed by atoms with Crippen LogP contribution in [0.5, 0.6) is 11.5 Å². The molecule has 1 saturated carbocycles. The van der Waals surface area contributed by atoms with Crippen molar-refractivity contribution >= 4 is 33.0 Å². The lowest BCUT2D eigenvalue weighted by Gasteiger charge is -2.15. The first-order valence-electron chi connectivity index (χ1n) is 12.5. The second kappa shape index (κ2) is 11.3. The fourth-order valence-corrected chi connectivity index (χ4v) is 6.11. The van der Waals surface area contributed by atoms with Crippen LogP contribution in [0.1, 0.15) is 24.0 Å². The molecule has 1 aliphatic carbocycles. The molecule has 6 nitrogen and oxygen atoms in total. The van der Waals surface area contributed by atoms with Gasteiger partial charge in [0.15, 0.2) is 9.84 Å². The first-order chi connectivity index (χ1) is 18.8. The number of sulfone groups is 1. The molecule has 4 aromatic carbocycles.